The van der Waals surface area contributed by atoms with Crippen molar-refractivity contribution < 1.29 is 23.4 Å². The van der Waals surface area contributed by atoms with Crippen molar-refractivity contribution in [3.63, 3.8) is 0 Å². The van der Waals surface area contributed by atoms with Crippen LogP contribution in [0.4, 0.5) is 0 Å². The van der Waals surface area contributed by atoms with Crippen LogP contribution in [0.2, 0.25) is 0 Å². The van der Waals surface area contributed by atoms with Gasteiger partial charge in [-0.2, -0.15) is 0 Å². The predicted molar refractivity (Wildman–Crippen MR) is 73.7 cm³/mol. The summed E-state index contributed by atoms with van der Waals surface area (Å²) >= 11 is 0. The van der Waals surface area contributed by atoms with Crippen molar-refractivity contribution in [2.24, 2.45) is 5.92 Å². The highest BCUT2D eigenvalue weighted by molar-refractivity contribution is 7.89. The molecule has 1 aromatic rings. The van der Waals surface area contributed by atoms with Gasteiger partial charge in [-0.3, -0.25) is 4.79 Å². The van der Waals surface area contributed by atoms with Gasteiger partial charge in [-0.1, -0.05) is 12.1 Å². The van der Waals surface area contributed by atoms with Gasteiger partial charge in [0.05, 0.1) is 16.4 Å². The van der Waals surface area contributed by atoms with E-state index < -0.39 is 27.5 Å². The van der Waals surface area contributed by atoms with Gasteiger partial charge in [-0.15, -0.1) is 0 Å². The van der Waals surface area contributed by atoms with Gasteiger partial charge in [-0.05, 0) is 31.5 Å². The fraction of sp³-hybridized carbons (Fsp3) is 0.462. The van der Waals surface area contributed by atoms with E-state index in [9.17, 15) is 18.3 Å². The highest BCUT2D eigenvalue weighted by Gasteiger charge is 2.35. The molecule has 0 saturated heterocycles. The summed E-state index contributed by atoms with van der Waals surface area (Å²) in [7, 11) is -0.695. The Morgan fingerprint density at radius 1 is 1.25 bits per heavy atom. The number of hydrogen-bond donors (Lipinski definition) is 2. The van der Waals surface area contributed by atoms with Crippen molar-refractivity contribution in [1.29, 1.82) is 0 Å². The van der Waals surface area contributed by atoms with E-state index in [0.29, 0.717) is 5.56 Å². The van der Waals surface area contributed by atoms with Gasteiger partial charge in [0.15, 0.2) is 0 Å². The molecule has 2 unspecified atom stereocenters. The third-order valence-corrected chi connectivity index (χ3v) is 5.26. The van der Waals surface area contributed by atoms with E-state index >= 15 is 0 Å². The predicted octanol–water partition coefficient (Wildman–Crippen LogP) is 0.865. The van der Waals surface area contributed by atoms with Crippen LogP contribution in [-0.2, 0) is 20.4 Å². The molecule has 0 amide bonds. The first kappa shape index (κ1) is 16.6. The number of carboxylic acids is 1. The van der Waals surface area contributed by atoms with Gasteiger partial charge >= 0.3 is 5.97 Å². The van der Waals surface area contributed by atoms with Crippen LogP contribution in [0, 0.1) is 5.92 Å². The third-order valence-electron chi connectivity index (χ3n) is 3.43. The fourth-order valence-corrected chi connectivity index (χ4v) is 2.57. The van der Waals surface area contributed by atoms with E-state index in [4.69, 9.17) is 5.11 Å². The highest BCUT2D eigenvalue weighted by atomic mass is 32.2. The van der Waals surface area contributed by atoms with Crippen LogP contribution in [0.3, 0.4) is 0 Å². The van der Waals surface area contributed by atoms with Gasteiger partial charge in [-0.25, -0.2) is 12.7 Å². The zero-order valence-corrected chi connectivity index (χ0v) is 12.7. The lowest BCUT2D eigenvalue weighted by atomic mass is 9.84. The standard InChI is InChI=1S/C13H19NO5S/c1-9(12(15)16)13(2,17)10-5-7-11(8-6-10)20(18,19)14(3)4/h5-9,17H,1-4H3,(H,15,16). The molecule has 7 heteroatoms. The molecule has 0 fully saturated rings. The molecule has 0 aliphatic rings. The topological polar surface area (TPSA) is 94.9 Å². The monoisotopic (exact) mass is 301 g/mol. The van der Waals surface area contributed by atoms with Crippen molar-refractivity contribution in [2.75, 3.05) is 14.1 Å². The minimum Gasteiger partial charge on any atom is -0.481 e. The number of carboxylic acid groups (broad SMARTS) is 1. The molecule has 0 bridgehead atoms. The smallest absolute Gasteiger partial charge is 0.309 e. The molecule has 0 saturated carbocycles. The maximum Gasteiger partial charge on any atom is 0.309 e. The first-order valence-corrected chi connectivity index (χ1v) is 7.43. The summed E-state index contributed by atoms with van der Waals surface area (Å²) in [5.41, 5.74) is -1.23. The summed E-state index contributed by atoms with van der Waals surface area (Å²) in [4.78, 5) is 11.1. The number of rotatable bonds is 5. The number of sulfonamides is 1. The first-order valence-electron chi connectivity index (χ1n) is 5.99. The Morgan fingerprint density at radius 2 is 1.70 bits per heavy atom. The molecule has 112 valence electrons. The average molecular weight is 301 g/mol. The number of carbonyl (C=O) groups is 1. The Balaban J connectivity index is 3.18. The van der Waals surface area contributed by atoms with Gasteiger partial charge < -0.3 is 10.2 Å². The molecule has 1 rings (SSSR count). The molecule has 2 N–H and O–H groups in total. The highest BCUT2D eigenvalue weighted by Crippen LogP contribution is 2.30. The normalized spacial score (nSPS) is 16.7. The van der Waals surface area contributed by atoms with E-state index in [1.54, 1.807) is 0 Å². The zero-order valence-electron chi connectivity index (χ0n) is 11.9. The van der Waals surface area contributed by atoms with Crippen molar-refractivity contribution in [2.45, 2.75) is 24.3 Å². The van der Waals surface area contributed by atoms with Crippen LogP contribution in [-0.4, -0.2) is 43.0 Å². The maximum absolute atomic E-state index is 11.9. The Hall–Kier alpha value is -1.44. The summed E-state index contributed by atoms with van der Waals surface area (Å²) in [5, 5.41) is 19.3. The Morgan fingerprint density at radius 3 is 2.05 bits per heavy atom. The number of aliphatic carboxylic acids is 1. The van der Waals surface area contributed by atoms with Crippen LogP contribution < -0.4 is 0 Å². The summed E-state index contributed by atoms with van der Waals surface area (Å²) < 4.78 is 24.9. The molecule has 6 nitrogen and oxygen atoms in total. The number of benzene rings is 1. The molecule has 20 heavy (non-hydrogen) atoms. The Labute approximate surface area is 118 Å². The molecule has 0 heterocycles. The van der Waals surface area contributed by atoms with Crippen molar-refractivity contribution >= 4 is 16.0 Å². The van der Waals surface area contributed by atoms with Crippen LogP contribution >= 0.6 is 0 Å². The van der Waals surface area contributed by atoms with E-state index in [-0.39, 0.29) is 4.90 Å². The SMILES string of the molecule is CC(C(=O)O)C(C)(O)c1ccc(S(=O)(=O)N(C)C)cc1. The van der Waals surface area contributed by atoms with E-state index in [1.807, 2.05) is 0 Å². The molecule has 0 aliphatic carbocycles. The quantitative estimate of drug-likeness (QED) is 0.841. The largest absolute Gasteiger partial charge is 0.481 e. The van der Waals surface area contributed by atoms with Crippen LogP contribution in [0.5, 0.6) is 0 Å². The molecule has 0 aromatic heterocycles. The second-order valence-electron chi connectivity index (χ2n) is 5.02. The summed E-state index contributed by atoms with van der Waals surface area (Å²) in [6.45, 7) is 2.79. The van der Waals surface area contributed by atoms with Gasteiger partial charge in [0.2, 0.25) is 10.0 Å². The minimum absolute atomic E-state index is 0.0880. The van der Waals surface area contributed by atoms with Crippen LogP contribution in [0.1, 0.15) is 19.4 Å². The molecule has 1 aromatic carbocycles. The molecule has 0 aliphatic heterocycles. The fourth-order valence-electron chi connectivity index (χ4n) is 1.67. The molecular weight excluding hydrogens is 282 g/mol. The number of nitrogens with zero attached hydrogens (tertiary/aromatic N) is 1. The van der Waals surface area contributed by atoms with Crippen molar-refractivity contribution in [3.05, 3.63) is 29.8 Å². The van der Waals surface area contributed by atoms with Gasteiger partial charge in [0, 0.05) is 14.1 Å². The zero-order chi connectivity index (χ0) is 15.7. The second kappa shape index (κ2) is 5.51. The van der Waals surface area contributed by atoms with Crippen LogP contribution in [0.15, 0.2) is 29.2 Å². The molecule has 0 radical (unpaired) electrons. The second-order valence-corrected chi connectivity index (χ2v) is 7.17. The van der Waals surface area contributed by atoms with Crippen molar-refractivity contribution in [3.8, 4) is 0 Å². The first-order chi connectivity index (χ1) is 9.01. The summed E-state index contributed by atoms with van der Waals surface area (Å²) in [5.74, 6) is -2.14. The van der Waals surface area contributed by atoms with E-state index in [1.165, 1.54) is 52.2 Å². The summed E-state index contributed by atoms with van der Waals surface area (Å²) in [6.07, 6.45) is 0. The van der Waals surface area contributed by atoms with Crippen molar-refractivity contribution in [1.82, 2.24) is 4.31 Å². The molecule has 2 atom stereocenters. The number of aliphatic hydroxyl groups is 1. The molecular formula is C13H19NO5S. The van der Waals surface area contributed by atoms with Crippen LogP contribution in [0.25, 0.3) is 0 Å². The Bertz CT molecular complexity index is 590. The third kappa shape index (κ3) is 3.00. The lowest BCUT2D eigenvalue weighted by molar-refractivity contribution is -0.150. The minimum atomic E-state index is -3.54. The van der Waals surface area contributed by atoms with Gasteiger partial charge in [0.1, 0.15) is 0 Å². The number of hydrogen-bond acceptors (Lipinski definition) is 4. The Kier molecular flexibility index (Phi) is 4.58. The van der Waals surface area contributed by atoms with E-state index in [2.05, 4.69) is 0 Å². The maximum atomic E-state index is 11.9. The average Bonchev–Trinajstić information content (AvgIpc) is 2.37. The van der Waals surface area contributed by atoms with Gasteiger partial charge in [0.25, 0.3) is 0 Å². The lowest BCUT2D eigenvalue weighted by Gasteiger charge is -2.28. The lowest BCUT2D eigenvalue weighted by Crippen LogP contribution is -2.35. The molecule has 0 spiro atoms. The summed E-state index contributed by atoms with van der Waals surface area (Å²) in [6, 6.07) is 5.56. The van der Waals surface area contributed by atoms with E-state index in [0.717, 1.165) is 4.31 Å².